The predicted octanol–water partition coefficient (Wildman–Crippen LogP) is 2.70. The number of hydrogen-bond acceptors (Lipinski definition) is 2. The van der Waals surface area contributed by atoms with Crippen molar-refractivity contribution in [2.75, 3.05) is 6.54 Å². The van der Waals surface area contributed by atoms with Crippen LogP contribution in [0.4, 0.5) is 4.39 Å². The Kier molecular flexibility index (Phi) is 3.17. The topological polar surface area (TPSA) is 49.3 Å². The molecule has 19 heavy (non-hydrogen) atoms. The van der Waals surface area contributed by atoms with Gasteiger partial charge in [0.15, 0.2) is 0 Å². The number of aromatic hydroxyl groups is 1. The van der Waals surface area contributed by atoms with Crippen LogP contribution in [-0.2, 0) is 0 Å². The first-order valence-corrected chi connectivity index (χ1v) is 6.90. The summed E-state index contributed by atoms with van der Waals surface area (Å²) in [5.41, 5.74) is 0.0168. The van der Waals surface area contributed by atoms with E-state index in [0.717, 1.165) is 24.0 Å². The number of phenolic OH excluding ortho intramolecular Hbond substituents is 1. The van der Waals surface area contributed by atoms with Crippen molar-refractivity contribution in [3.05, 3.63) is 29.6 Å². The van der Waals surface area contributed by atoms with Gasteiger partial charge >= 0.3 is 0 Å². The van der Waals surface area contributed by atoms with Crippen LogP contribution in [0.5, 0.6) is 5.75 Å². The average molecular weight is 263 g/mol. The number of hydrogen-bond donors (Lipinski definition) is 2. The van der Waals surface area contributed by atoms with Crippen LogP contribution in [0.2, 0.25) is 0 Å². The van der Waals surface area contributed by atoms with Crippen LogP contribution < -0.4 is 5.32 Å². The SMILES string of the molecule is O=C(NCC1CC2CCC1C2)c1cc(F)ccc1O. The highest BCUT2D eigenvalue weighted by atomic mass is 19.1. The van der Waals surface area contributed by atoms with Gasteiger partial charge in [0, 0.05) is 6.54 Å². The summed E-state index contributed by atoms with van der Waals surface area (Å²) in [5.74, 6) is 1.06. The Labute approximate surface area is 111 Å². The highest BCUT2D eigenvalue weighted by Gasteiger charge is 2.39. The number of phenols is 1. The van der Waals surface area contributed by atoms with Crippen LogP contribution in [-0.4, -0.2) is 17.6 Å². The fraction of sp³-hybridized carbons (Fsp3) is 0.533. The minimum Gasteiger partial charge on any atom is -0.507 e. The molecule has 1 aromatic carbocycles. The molecular formula is C15H18FNO2. The van der Waals surface area contributed by atoms with Gasteiger partial charge in [0.25, 0.3) is 5.91 Å². The summed E-state index contributed by atoms with van der Waals surface area (Å²) in [5, 5.41) is 12.4. The number of rotatable bonds is 3. The normalized spacial score (nSPS) is 28.6. The molecule has 2 N–H and O–H groups in total. The van der Waals surface area contributed by atoms with E-state index in [1.807, 2.05) is 0 Å². The Morgan fingerprint density at radius 3 is 2.89 bits per heavy atom. The molecule has 1 amide bonds. The van der Waals surface area contributed by atoms with Crippen molar-refractivity contribution in [3.63, 3.8) is 0 Å². The summed E-state index contributed by atoms with van der Waals surface area (Å²) in [6.07, 6.45) is 5.10. The molecule has 2 bridgehead atoms. The summed E-state index contributed by atoms with van der Waals surface area (Å²) in [7, 11) is 0. The molecule has 2 saturated carbocycles. The molecule has 3 atom stereocenters. The lowest BCUT2D eigenvalue weighted by Gasteiger charge is -2.21. The van der Waals surface area contributed by atoms with Gasteiger partial charge in [0.1, 0.15) is 11.6 Å². The molecule has 102 valence electrons. The van der Waals surface area contributed by atoms with Gasteiger partial charge in [0.05, 0.1) is 5.56 Å². The van der Waals surface area contributed by atoms with Gasteiger partial charge in [-0.15, -0.1) is 0 Å². The zero-order valence-corrected chi connectivity index (χ0v) is 10.7. The third-order valence-electron chi connectivity index (χ3n) is 4.61. The first kappa shape index (κ1) is 12.5. The van der Waals surface area contributed by atoms with E-state index in [4.69, 9.17) is 0 Å². The van der Waals surface area contributed by atoms with Crippen molar-refractivity contribution in [2.24, 2.45) is 17.8 Å². The van der Waals surface area contributed by atoms with Crippen molar-refractivity contribution in [3.8, 4) is 5.75 Å². The number of halogens is 1. The van der Waals surface area contributed by atoms with Gasteiger partial charge in [0.2, 0.25) is 0 Å². The zero-order chi connectivity index (χ0) is 13.4. The molecule has 1 aromatic rings. The molecule has 2 fully saturated rings. The van der Waals surface area contributed by atoms with Crippen molar-refractivity contribution >= 4 is 5.91 Å². The first-order valence-electron chi connectivity index (χ1n) is 6.90. The second-order valence-electron chi connectivity index (χ2n) is 5.81. The molecule has 0 saturated heterocycles. The highest BCUT2D eigenvalue weighted by Crippen LogP contribution is 2.47. The maximum atomic E-state index is 13.1. The molecule has 0 aromatic heterocycles. The van der Waals surface area contributed by atoms with Crippen molar-refractivity contribution in [2.45, 2.75) is 25.7 Å². The summed E-state index contributed by atoms with van der Waals surface area (Å²) < 4.78 is 13.1. The van der Waals surface area contributed by atoms with E-state index >= 15 is 0 Å². The molecule has 0 spiro atoms. The van der Waals surface area contributed by atoms with E-state index in [1.165, 1.54) is 31.7 Å². The highest BCUT2D eigenvalue weighted by molar-refractivity contribution is 5.96. The van der Waals surface area contributed by atoms with E-state index in [-0.39, 0.29) is 17.2 Å². The number of fused-ring (bicyclic) bond motifs is 2. The third-order valence-corrected chi connectivity index (χ3v) is 4.61. The van der Waals surface area contributed by atoms with Gasteiger partial charge < -0.3 is 10.4 Å². The standard InChI is InChI=1S/C15H18FNO2/c16-12-3-4-14(18)13(7-12)15(19)17-8-11-6-9-1-2-10(11)5-9/h3-4,7,9-11,18H,1-2,5-6,8H2,(H,17,19). The minimum atomic E-state index is -0.511. The van der Waals surface area contributed by atoms with Gasteiger partial charge in [-0.25, -0.2) is 4.39 Å². The van der Waals surface area contributed by atoms with Crippen LogP contribution in [0, 0.1) is 23.6 Å². The lowest BCUT2D eigenvalue weighted by Crippen LogP contribution is -2.31. The Morgan fingerprint density at radius 2 is 2.21 bits per heavy atom. The number of nitrogens with one attached hydrogen (secondary N) is 1. The Hall–Kier alpha value is -1.58. The molecule has 0 aliphatic heterocycles. The van der Waals surface area contributed by atoms with Crippen LogP contribution in [0.1, 0.15) is 36.0 Å². The lowest BCUT2D eigenvalue weighted by molar-refractivity contribution is 0.0938. The number of carbonyl (C=O) groups is 1. The summed E-state index contributed by atoms with van der Waals surface area (Å²) in [6.45, 7) is 0.635. The Bertz CT molecular complexity index is 503. The zero-order valence-electron chi connectivity index (χ0n) is 10.7. The van der Waals surface area contributed by atoms with Crippen molar-refractivity contribution in [1.29, 1.82) is 0 Å². The van der Waals surface area contributed by atoms with Gasteiger partial charge in [-0.1, -0.05) is 6.42 Å². The van der Waals surface area contributed by atoms with E-state index in [1.54, 1.807) is 0 Å². The Morgan fingerprint density at radius 1 is 1.37 bits per heavy atom. The largest absolute Gasteiger partial charge is 0.507 e. The fourth-order valence-corrected chi connectivity index (χ4v) is 3.64. The first-order chi connectivity index (χ1) is 9.13. The number of amides is 1. The molecule has 2 aliphatic carbocycles. The average Bonchev–Trinajstić information content (AvgIpc) is 3.01. The quantitative estimate of drug-likeness (QED) is 0.881. The van der Waals surface area contributed by atoms with Crippen LogP contribution >= 0.6 is 0 Å². The van der Waals surface area contributed by atoms with Gasteiger partial charge in [-0.2, -0.15) is 0 Å². The van der Waals surface area contributed by atoms with E-state index in [2.05, 4.69) is 5.32 Å². The minimum absolute atomic E-state index is 0.0168. The van der Waals surface area contributed by atoms with E-state index in [9.17, 15) is 14.3 Å². The van der Waals surface area contributed by atoms with Gasteiger partial charge in [-0.3, -0.25) is 4.79 Å². The summed E-state index contributed by atoms with van der Waals surface area (Å²) >= 11 is 0. The van der Waals surface area contributed by atoms with E-state index < -0.39 is 5.82 Å². The molecule has 3 rings (SSSR count). The lowest BCUT2D eigenvalue weighted by atomic mass is 9.89. The molecule has 4 heteroatoms. The monoisotopic (exact) mass is 263 g/mol. The smallest absolute Gasteiger partial charge is 0.255 e. The molecule has 3 unspecified atom stereocenters. The van der Waals surface area contributed by atoms with Crippen LogP contribution in [0.3, 0.4) is 0 Å². The molecule has 0 heterocycles. The molecule has 0 radical (unpaired) electrons. The van der Waals surface area contributed by atoms with Gasteiger partial charge in [-0.05, 0) is 55.2 Å². The molecular weight excluding hydrogens is 245 g/mol. The second-order valence-corrected chi connectivity index (χ2v) is 5.81. The number of benzene rings is 1. The van der Waals surface area contributed by atoms with Crippen molar-refractivity contribution in [1.82, 2.24) is 5.32 Å². The number of carbonyl (C=O) groups excluding carboxylic acids is 1. The maximum Gasteiger partial charge on any atom is 0.255 e. The third kappa shape index (κ3) is 2.44. The molecule has 3 nitrogen and oxygen atoms in total. The fourth-order valence-electron chi connectivity index (χ4n) is 3.64. The van der Waals surface area contributed by atoms with Crippen molar-refractivity contribution < 1.29 is 14.3 Å². The predicted molar refractivity (Wildman–Crippen MR) is 69.3 cm³/mol. The van der Waals surface area contributed by atoms with Crippen LogP contribution in [0.25, 0.3) is 0 Å². The summed E-state index contributed by atoms with van der Waals surface area (Å²) in [4.78, 5) is 11.9. The van der Waals surface area contributed by atoms with Crippen LogP contribution in [0.15, 0.2) is 18.2 Å². The second kappa shape index (κ2) is 4.83. The summed E-state index contributed by atoms with van der Waals surface area (Å²) in [6, 6.07) is 3.43. The maximum absolute atomic E-state index is 13.1. The molecule has 2 aliphatic rings. The Balaban J connectivity index is 1.61. The van der Waals surface area contributed by atoms with E-state index in [0.29, 0.717) is 12.5 Å².